The molecule has 154 valence electrons. The number of ketones is 1. The molecule has 29 heavy (non-hydrogen) atoms. The lowest BCUT2D eigenvalue weighted by Gasteiger charge is -2.31. The zero-order chi connectivity index (χ0) is 21.3. The average molecular weight is 417 g/mol. The van der Waals surface area contributed by atoms with Crippen molar-refractivity contribution in [2.75, 3.05) is 22.7 Å². The number of sulfonamides is 1. The molecule has 0 radical (unpaired) electrons. The van der Waals surface area contributed by atoms with Gasteiger partial charge in [-0.3, -0.25) is 19.6 Å². The molecular weight excluding hydrogens is 394 g/mol. The van der Waals surface area contributed by atoms with Crippen LogP contribution in [0.15, 0.2) is 41.3 Å². The number of carbonyl (C=O) groups is 1. The van der Waals surface area contributed by atoms with Crippen molar-refractivity contribution in [2.24, 2.45) is 5.92 Å². The van der Waals surface area contributed by atoms with Gasteiger partial charge in [-0.1, -0.05) is 24.6 Å². The minimum absolute atomic E-state index is 0.126. The van der Waals surface area contributed by atoms with Crippen LogP contribution in [0.25, 0.3) is 0 Å². The van der Waals surface area contributed by atoms with E-state index in [4.69, 9.17) is 0 Å². The summed E-state index contributed by atoms with van der Waals surface area (Å²) in [6.07, 6.45) is 0.312. The maximum Gasteiger partial charge on any atom is 0.293 e. The van der Waals surface area contributed by atoms with Gasteiger partial charge in [0.1, 0.15) is 11.5 Å². The molecule has 9 heteroatoms. The number of benzene rings is 2. The zero-order valence-corrected chi connectivity index (χ0v) is 17.3. The van der Waals surface area contributed by atoms with Crippen LogP contribution in [0, 0.1) is 29.9 Å². The van der Waals surface area contributed by atoms with Crippen molar-refractivity contribution in [1.82, 2.24) is 0 Å². The van der Waals surface area contributed by atoms with E-state index in [2.05, 4.69) is 4.72 Å². The number of anilines is 2. The first kappa shape index (κ1) is 20.8. The Bertz CT molecular complexity index is 1080. The van der Waals surface area contributed by atoms with Gasteiger partial charge >= 0.3 is 0 Å². The molecule has 0 amide bonds. The van der Waals surface area contributed by atoms with E-state index in [1.807, 2.05) is 13.0 Å². The lowest BCUT2D eigenvalue weighted by molar-refractivity contribution is -0.384. The van der Waals surface area contributed by atoms with E-state index in [0.717, 1.165) is 17.2 Å². The molecule has 3 rings (SSSR count). The summed E-state index contributed by atoms with van der Waals surface area (Å²) in [5, 5.41) is 11.6. The second kappa shape index (κ2) is 7.82. The molecule has 0 saturated carbocycles. The van der Waals surface area contributed by atoms with Crippen LogP contribution in [0.2, 0.25) is 0 Å². The lowest BCUT2D eigenvalue weighted by atomic mass is 9.98. The fraction of sp³-hybridized carbons (Fsp3) is 0.350. The summed E-state index contributed by atoms with van der Waals surface area (Å²) in [4.78, 5) is 24.4. The van der Waals surface area contributed by atoms with Crippen LogP contribution >= 0.6 is 0 Å². The molecule has 1 aliphatic heterocycles. The first-order valence-electron chi connectivity index (χ1n) is 9.24. The van der Waals surface area contributed by atoms with E-state index < -0.39 is 14.9 Å². The molecule has 0 aromatic heterocycles. The Balaban J connectivity index is 1.95. The maximum atomic E-state index is 12.8. The average Bonchev–Trinajstić information content (AvgIpc) is 2.65. The van der Waals surface area contributed by atoms with Crippen molar-refractivity contribution >= 4 is 32.9 Å². The number of nitrogens with one attached hydrogen (secondary N) is 1. The lowest BCUT2D eigenvalue weighted by Crippen LogP contribution is -2.39. The predicted octanol–water partition coefficient (Wildman–Crippen LogP) is 3.43. The van der Waals surface area contributed by atoms with Crippen LogP contribution in [0.3, 0.4) is 0 Å². The summed E-state index contributed by atoms with van der Waals surface area (Å²) in [7, 11) is -4.00. The summed E-state index contributed by atoms with van der Waals surface area (Å²) >= 11 is 0. The number of hydrogen-bond donors (Lipinski definition) is 1. The van der Waals surface area contributed by atoms with Crippen molar-refractivity contribution in [1.29, 1.82) is 0 Å². The number of hydrogen-bond acceptors (Lipinski definition) is 6. The third-order valence-electron chi connectivity index (χ3n) is 5.09. The Morgan fingerprint density at radius 2 is 1.90 bits per heavy atom. The quantitative estimate of drug-likeness (QED) is 0.590. The molecule has 2 aromatic rings. The number of carbonyl (C=O) groups excluding carboxylic acids is 1. The Kier molecular flexibility index (Phi) is 5.61. The Morgan fingerprint density at radius 1 is 1.17 bits per heavy atom. The highest BCUT2D eigenvalue weighted by atomic mass is 32.2. The van der Waals surface area contributed by atoms with Crippen molar-refractivity contribution in [3.05, 3.63) is 57.6 Å². The molecule has 0 bridgehead atoms. The summed E-state index contributed by atoms with van der Waals surface area (Å²) in [5.74, 6) is -0.0984. The van der Waals surface area contributed by atoms with Crippen LogP contribution < -0.4 is 9.62 Å². The molecular formula is C20H23N3O5S. The number of Topliss-reactive ketones (excluding diaryl/α,β-unsaturated/α-hetero) is 1. The van der Waals surface area contributed by atoms with Gasteiger partial charge in [0.15, 0.2) is 0 Å². The maximum absolute atomic E-state index is 12.8. The molecule has 1 fully saturated rings. The van der Waals surface area contributed by atoms with Gasteiger partial charge in [-0.15, -0.1) is 0 Å². The van der Waals surface area contributed by atoms with Gasteiger partial charge < -0.3 is 4.90 Å². The second-order valence-electron chi connectivity index (χ2n) is 7.39. The van der Waals surface area contributed by atoms with Gasteiger partial charge in [0.25, 0.3) is 15.7 Å². The van der Waals surface area contributed by atoms with Crippen LogP contribution in [0.4, 0.5) is 17.1 Å². The van der Waals surface area contributed by atoms with Gasteiger partial charge in [0.05, 0.1) is 15.5 Å². The summed E-state index contributed by atoms with van der Waals surface area (Å²) in [6.45, 7) is 6.22. The molecule has 1 atom stereocenters. The fourth-order valence-corrected chi connectivity index (χ4v) is 4.60. The Morgan fingerprint density at radius 3 is 2.52 bits per heavy atom. The first-order chi connectivity index (χ1) is 13.6. The molecule has 2 aromatic carbocycles. The highest BCUT2D eigenvalue weighted by Crippen LogP contribution is 2.33. The van der Waals surface area contributed by atoms with Crippen molar-refractivity contribution in [3.8, 4) is 0 Å². The van der Waals surface area contributed by atoms with Gasteiger partial charge in [-0.05, 0) is 37.6 Å². The molecule has 1 aliphatic rings. The van der Waals surface area contributed by atoms with Crippen molar-refractivity contribution < 1.29 is 18.1 Å². The molecule has 1 heterocycles. The van der Waals surface area contributed by atoms with E-state index in [9.17, 15) is 23.3 Å². The van der Waals surface area contributed by atoms with Gasteiger partial charge in [0.2, 0.25) is 0 Å². The molecule has 1 N–H and O–H groups in total. The summed E-state index contributed by atoms with van der Waals surface area (Å²) in [6, 6.07) is 9.17. The van der Waals surface area contributed by atoms with Crippen molar-refractivity contribution in [3.63, 3.8) is 0 Å². The summed E-state index contributed by atoms with van der Waals surface area (Å²) < 4.78 is 28.1. The van der Waals surface area contributed by atoms with Gasteiger partial charge in [-0.25, -0.2) is 8.42 Å². The number of aryl methyl sites for hydroxylation is 2. The number of nitro benzene ring substituents is 1. The van der Waals surface area contributed by atoms with Gasteiger partial charge in [0, 0.05) is 31.5 Å². The molecule has 0 aliphatic carbocycles. The number of rotatable bonds is 5. The summed E-state index contributed by atoms with van der Waals surface area (Å²) in [5.41, 5.74) is 2.20. The van der Waals surface area contributed by atoms with Crippen LogP contribution in [-0.2, 0) is 14.8 Å². The SMILES string of the molecule is Cc1ccc(NS(=O)(=O)c2ccc(N3CCC(=O)C(C)C3)c([N+](=O)[O-])c2)c(C)c1. The van der Waals surface area contributed by atoms with E-state index in [1.165, 1.54) is 12.1 Å². The van der Waals surface area contributed by atoms with Gasteiger partial charge in [-0.2, -0.15) is 0 Å². The second-order valence-corrected chi connectivity index (χ2v) is 9.08. The Labute approximate surface area is 169 Å². The normalized spacial score (nSPS) is 17.3. The number of nitro groups is 1. The molecule has 1 saturated heterocycles. The molecule has 0 spiro atoms. The minimum Gasteiger partial charge on any atom is -0.365 e. The minimum atomic E-state index is -4.00. The highest BCUT2D eigenvalue weighted by molar-refractivity contribution is 7.92. The first-order valence-corrected chi connectivity index (χ1v) is 10.7. The van der Waals surface area contributed by atoms with E-state index >= 15 is 0 Å². The van der Waals surface area contributed by atoms with E-state index in [1.54, 1.807) is 30.9 Å². The monoisotopic (exact) mass is 417 g/mol. The largest absolute Gasteiger partial charge is 0.365 e. The Hall–Kier alpha value is -2.94. The zero-order valence-electron chi connectivity index (χ0n) is 16.5. The molecule has 1 unspecified atom stereocenters. The standard InChI is InChI=1S/C20H23N3O5S/c1-13-4-6-17(14(2)10-13)21-29(27,28)16-5-7-18(19(11-16)23(25)26)22-9-8-20(24)15(3)12-22/h4-7,10-11,15,21H,8-9,12H2,1-3H3. The van der Waals surface area contributed by atoms with Crippen molar-refractivity contribution in [2.45, 2.75) is 32.1 Å². The highest BCUT2D eigenvalue weighted by Gasteiger charge is 2.29. The van der Waals surface area contributed by atoms with Crippen LogP contribution in [-0.4, -0.2) is 32.2 Å². The predicted molar refractivity (Wildman–Crippen MR) is 111 cm³/mol. The topological polar surface area (TPSA) is 110 Å². The third kappa shape index (κ3) is 4.40. The van der Waals surface area contributed by atoms with Crippen LogP contribution in [0.1, 0.15) is 24.5 Å². The van der Waals surface area contributed by atoms with E-state index in [0.29, 0.717) is 30.9 Å². The third-order valence-corrected chi connectivity index (χ3v) is 6.46. The number of nitrogens with zero attached hydrogens (tertiary/aromatic N) is 2. The van der Waals surface area contributed by atoms with E-state index in [-0.39, 0.29) is 22.3 Å². The fourth-order valence-electron chi connectivity index (χ4n) is 3.45. The van der Waals surface area contributed by atoms with Crippen LogP contribution in [0.5, 0.6) is 0 Å². The smallest absolute Gasteiger partial charge is 0.293 e. The molecule has 8 nitrogen and oxygen atoms in total. The number of piperidine rings is 1.